The van der Waals surface area contributed by atoms with Crippen molar-refractivity contribution in [3.63, 3.8) is 0 Å². The fraction of sp³-hybridized carbons (Fsp3) is 0.682. The van der Waals surface area contributed by atoms with Crippen molar-refractivity contribution in [3.8, 4) is 5.75 Å². The SMILES string of the molecule is CCNC(=NCCCOC1CCCCC1)NCCc1cc(F)cc2c1OCOC2.I. The highest BCUT2D eigenvalue weighted by Gasteiger charge is 2.17. The largest absolute Gasteiger partial charge is 0.467 e. The molecule has 0 radical (unpaired) electrons. The molecule has 0 amide bonds. The lowest BCUT2D eigenvalue weighted by molar-refractivity contribution is -0.0172. The molecule has 170 valence electrons. The Morgan fingerprint density at radius 3 is 2.87 bits per heavy atom. The molecule has 1 heterocycles. The van der Waals surface area contributed by atoms with Gasteiger partial charge >= 0.3 is 0 Å². The van der Waals surface area contributed by atoms with Crippen LogP contribution in [0.4, 0.5) is 4.39 Å². The average Bonchev–Trinajstić information content (AvgIpc) is 2.74. The lowest BCUT2D eigenvalue weighted by atomic mass is 9.98. The number of nitrogens with one attached hydrogen (secondary N) is 2. The Balaban J connectivity index is 0.00000320. The van der Waals surface area contributed by atoms with Gasteiger partial charge in [0.25, 0.3) is 0 Å². The van der Waals surface area contributed by atoms with Crippen LogP contribution in [-0.2, 0) is 22.5 Å². The molecule has 0 spiro atoms. The maximum absolute atomic E-state index is 13.9. The van der Waals surface area contributed by atoms with E-state index in [9.17, 15) is 4.39 Å². The molecule has 1 fully saturated rings. The summed E-state index contributed by atoms with van der Waals surface area (Å²) < 4.78 is 30.6. The Hall–Kier alpha value is -1.13. The van der Waals surface area contributed by atoms with Crippen LogP contribution < -0.4 is 15.4 Å². The predicted molar refractivity (Wildman–Crippen MR) is 127 cm³/mol. The molecule has 1 saturated carbocycles. The van der Waals surface area contributed by atoms with Crippen LogP contribution in [0.2, 0.25) is 0 Å². The number of ether oxygens (including phenoxy) is 3. The van der Waals surface area contributed by atoms with E-state index < -0.39 is 0 Å². The van der Waals surface area contributed by atoms with Gasteiger partial charge in [-0.25, -0.2) is 4.39 Å². The van der Waals surface area contributed by atoms with E-state index >= 15 is 0 Å². The second-order valence-corrected chi connectivity index (χ2v) is 7.59. The van der Waals surface area contributed by atoms with E-state index in [0.717, 1.165) is 49.0 Å². The molecule has 1 aromatic rings. The summed E-state index contributed by atoms with van der Waals surface area (Å²) in [4.78, 5) is 4.62. The summed E-state index contributed by atoms with van der Waals surface area (Å²) in [6, 6.07) is 3.02. The van der Waals surface area contributed by atoms with E-state index in [0.29, 0.717) is 25.7 Å². The number of nitrogens with zero attached hydrogens (tertiary/aromatic N) is 1. The summed E-state index contributed by atoms with van der Waals surface area (Å²) in [7, 11) is 0. The van der Waals surface area contributed by atoms with Crippen molar-refractivity contribution in [2.45, 2.75) is 64.6 Å². The summed E-state index contributed by atoms with van der Waals surface area (Å²) >= 11 is 0. The molecule has 3 rings (SSSR count). The monoisotopic (exact) mass is 535 g/mol. The Morgan fingerprint density at radius 2 is 2.07 bits per heavy atom. The summed E-state index contributed by atoms with van der Waals surface area (Å²) in [6.45, 7) is 5.57. The molecule has 1 aliphatic carbocycles. The first-order chi connectivity index (χ1) is 14.3. The van der Waals surface area contributed by atoms with Crippen molar-refractivity contribution in [2.75, 3.05) is 33.0 Å². The van der Waals surface area contributed by atoms with Crippen molar-refractivity contribution in [3.05, 3.63) is 29.1 Å². The van der Waals surface area contributed by atoms with Gasteiger partial charge in [0, 0.05) is 31.8 Å². The fourth-order valence-corrected chi connectivity index (χ4v) is 3.84. The van der Waals surface area contributed by atoms with Crippen LogP contribution in [0, 0.1) is 5.82 Å². The normalized spacial score (nSPS) is 16.9. The van der Waals surface area contributed by atoms with Gasteiger partial charge < -0.3 is 24.8 Å². The lowest BCUT2D eigenvalue weighted by Crippen LogP contribution is -2.38. The summed E-state index contributed by atoms with van der Waals surface area (Å²) in [6.07, 6.45) is 8.35. The first-order valence-electron chi connectivity index (χ1n) is 10.9. The topological polar surface area (TPSA) is 64.1 Å². The Kier molecular flexibility index (Phi) is 11.8. The van der Waals surface area contributed by atoms with Gasteiger partial charge in [0.1, 0.15) is 11.6 Å². The highest BCUT2D eigenvalue weighted by atomic mass is 127. The van der Waals surface area contributed by atoms with E-state index in [2.05, 4.69) is 15.6 Å². The molecular formula is C22H35FIN3O3. The fourth-order valence-electron chi connectivity index (χ4n) is 3.84. The smallest absolute Gasteiger partial charge is 0.191 e. The van der Waals surface area contributed by atoms with Crippen LogP contribution in [0.15, 0.2) is 17.1 Å². The van der Waals surface area contributed by atoms with Crippen molar-refractivity contribution in [2.24, 2.45) is 4.99 Å². The summed E-state index contributed by atoms with van der Waals surface area (Å²) in [5.74, 6) is 1.27. The van der Waals surface area contributed by atoms with Crippen LogP contribution in [0.3, 0.4) is 0 Å². The first kappa shape index (κ1) is 25.1. The molecule has 6 nitrogen and oxygen atoms in total. The maximum Gasteiger partial charge on any atom is 0.191 e. The highest BCUT2D eigenvalue weighted by Crippen LogP contribution is 2.29. The van der Waals surface area contributed by atoms with Crippen LogP contribution in [0.25, 0.3) is 0 Å². The third-order valence-corrected chi connectivity index (χ3v) is 5.26. The van der Waals surface area contributed by atoms with Crippen molar-refractivity contribution in [1.82, 2.24) is 10.6 Å². The van der Waals surface area contributed by atoms with E-state index in [1.165, 1.54) is 38.2 Å². The van der Waals surface area contributed by atoms with Gasteiger partial charge in [-0.15, -0.1) is 24.0 Å². The van der Waals surface area contributed by atoms with Crippen LogP contribution in [0.1, 0.15) is 56.6 Å². The first-order valence-corrected chi connectivity index (χ1v) is 10.9. The number of aliphatic imine (C=N–C) groups is 1. The number of hydrogen-bond acceptors (Lipinski definition) is 4. The third-order valence-electron chi connectivity index (χ3n) is 5.26. The molecule has 30 heavy (non-hydrogen) atoms. The van der Waals surface area contributed by atoms with E-state index in [4.69, 9.17) is 14.2 Å². The molecule has 0 bridgehead atoms. The Bertz CT molecular complexity index is 669. The third kappa shape index (κ3) is 8.19. The number of guanidine groups is 1. The molecular weight excluding hydrogens is 500 g/mol. The lowest BCUT2D eigenvalue weighted by Gasteiger charge is -2.21. The minimum absolute atomic E-state index is 0. The number of hydrogen-bond donors (Lipinski definition) is 2. The van der Waals surface area contributed by atoms with Gasteiger partial charge in [-0.05, 0) is 50.3 Å². The molecule has 0 atom stereocenters. The maximum atomic E-state index is 13.9. The highest BCUT2D eigenvalue weighted by molar-refractivity contribution is 14.0. The second kappa shape index (κ2) is 14.0. The molecule has 0 saturated heterocycles. The number of fused-ring (bicyclic) bond motifs is 1. The zero-order valence-electron chi connectivity index (χ0n) is 17.9. The van der Waals surface area contributed by atoms with Gasteiger partial charge in [-0.3, -0.25) is 4.99 Å². The van der Waals surface area contributed by atoms with Gasteiger partial charge in [-0.2, -0.15) is 0 Å². The van der Waals surface area contributed by atoms with Gasteiger partial charge in [0.05, 0.1) is 12.7 Å². The van der Waals surface area contributed by atoms with Crippen molar-refractivity contribution >= 4 is 29.9 Å². The van der Waals surface area contributed by atoms with Crippen molar-refractivity contribution < 1.29 is 18.6 Å². The predicted octanol–water partition coefficient (Wildman–Crippen LogP) is 4.15. The quantitative estimate of drug-likeness (QED) is 0.215. The van der Waals surface area contributed by atoms with Crippen LogP contribution >= 0.6 is 24.0 Å². The number of benzene rings is 1. The zero-order chi connectivity index (χ0) is 20.3. The average molecular weight is 535 g/mol. The number of rotatable bonds is 9. The molecule has 1 aliphatic heterocycles. The van der Waals surface area contributed by atoms with Gasteiger partial charge in [0.2, 0.25) is 0 Å². The molecule has 2 N–H and O–H groups in total. The van der Waals surface area contributed by atoms with Gasteiger partial charge in [-0.1, -0.05) is 19.3 Å². The zero-order valence-corrected chi connectivity index (χ0v) is 20.2. The summed E-state index contributed by atoms with van der Waals surface area (Å²) in [5.41, 5.74) is 1.62. The van der Waals surface area contributed by atoms with E-state index in [1.54, 1.807) is 6.07 Å². The summed E-state index contributed by atoms with van der Waals surface area (Å²) in [5, 5.41) is 6.58. The molecule has 0 unspecified atom stereocenters. The number of halogens is 2. The standard InChI is InChI=1S/C22H34FN3O3.HI/c1-2-24-22(25-10-6-12-28-20-7-4-3-5-8-20)26-11-9-17-13-19(23)14-18-15-27-16-29-21(17)18;/h13-14,20H,2-12,15-16H2,1H3,(H2,24,25,26);1H. The molecule has 0 aromatic heterocycles. The minimum atomic E-state index is -0.258. The van der Waals surface area contributed by atoms with E-state index in [1.807, 2.05) is 6.92 Å². The molecule has 8 heteroatoms. The Labute approximate surface area is 196 Å². The van der Waals surface area contributed by atoms with Gasteiger partial charge in [0.15, 0.2) is 12.8 Å². The second-order valence-electron chi connectivity index (χ2n) is 7.59. The molecule has 1 aromatic carbocycles. The van der Waals surface area contributed by atoms with Crippen LogP contribution in [0.5, 0.6) is 5.75 Å². The Morgan fingerprint density at radius 1 is 1.23 bits per heavy atom. The van der Waals surface area contributed by atoms with Crippen LogP contribution in [-0.4, -0.2) is 45.1 Å². The molecule has 2 aliphatic rings. The minimum Gasteiger partial charge on any atom is -0.467 e. The van der Waals surface area contributed by atoms with E-state index in [-0.39, 0.29) is 36.6 Å². The van der Waals surface area contributed by atoms with Crippen molar-refractivity contribution in [1.29, 1.82) is 0 Å².